The lowest BCUT2D eigenvalue weighted by Gasteiger charge is -2.12. The molecule has 0 spiro atoms. The van der Waals surface area contributed by atoms with Gasteiger partial charge in [-0.1, -0.05) is 30.0 Å². The molecule has 3 heteroatoms. The first kappa shape index (κ1) is 7.63. The molecule has 0 atom stereocenters. The van der Waals surface area contributed by atoms with E-state index in [4.69, 9.17) is 5.21 Å². The van der Waals surface area contributed by atoms with E-state index < -0.39 is 0 Å². The maximum atomic E-state index is 9.06. The van der Waals surface area contributed by atoms with Gasteiger partial charge < -0.3 is 4.84 Å². The summed E-state index contributed by atoms with van der Waals surface area (Å²) in [5.41, 5.74) is 0.562. The van der Waals surface area contributed by atoms with Crippen LogP contribution in [0, 0.1) is 0 Å². The Morgan fingerprint density at radius 2 is 2.00 bits per heavy atom. The molecule has 0 amide bonds. The molecule has 0 aromatic heterocycles. The highest BCUT2D eigenvalue weighted by Crippen LogP contribution is 2.10. The van der Waals surface area contributed by atoms with Gasteiger partial charge >= 0.3 is 0 Å². The van der Waals surface area contributed by atoms with E-state index >= 15 is 0 Å². The zero-order valence-electron chi connectivity index (χ0n) is 5.97. The van der Waals surface area contributed by atoms with Gasteiger partial charge in [0, 0.05) is 0 Å². The van der Waals surface area contributed by atoms with E-state index in [0.717, 1.165) is 6.26 Å². The van der Waals surface area contributed by atoms with Crippen molar-refractivity contribution < 1.29 is 10.0 Å². The van der Waals surface area contributed by atoms with Crippen molar-refractivity contribution in [2.24, 2.45) is 0 Å². The Kier molecular flexibility index (Phi) is 2.52. The van der Waals surface area contributed by atoms with Crippen LogP contribution < -0.4 is 5.23 Å². The highest BCUT2D eigenvalue weighted by molar-refractivity contribution is 5.40. The fourth-order valence-electron chi connectivity index (χ4n) is 0.687. The number of benzene rings is 1. The van der Waals surface area contributed by atoms with Crippen LogP contribution in [-0.2, 0) is 4.84 Å². The van der Waals surface area contributed by atoms with E-state index in [-0.39, 0.29) is 0 Å². The standard InChI is InChI=1S/C8H9NO2/c1-2-11-9(10)8-6-4-3-5-7-8/h2-7,10H,1H2. The topological polar surface area (TPSA) is 32.7 Å². The number of hydrogen-bond donors (Lipinski definition) is 1. The fourth-order valence-corrected chi connectivity index (χ4v) is 0.687. The molecule has 0 unspecified atom stereocenters. The molecule has 0 heterocycles. The summed E-state index contributed by atoms with van der Waals surface area (Å²) in [6, 6.07) is 8.87. The Labute approximate surface area is 65.0 Å². The van der Waals surface area contributed by atoms with Gasteiger partial charge in [-0.3, -0.25) is 5.21 Å². The second kappa shape index (κ2) is 3.63. The largest absolute Gasteiger partial charge is 0.362 e. The maximum absolute atomic E-state index is 9.06. The molecule has 1 aromatic carbocycles. The van der Waals surface area contributed by atoms with Crippen LogP contribution in [0.2, 0.25) is 0 Å². The number of anilines is 1. The molecule has 0 aliphatic rings. The van der Waals surface area contributed by atoms with Crippen molar-refractivity contribution in [2.75, 3.05) is 5.23 Å². The van der Waals surface area contributed by atoms with Gasteiger partial charge in [0.05, 0.1) is 0 Å². The Morgan fingerprint density at radius 3 is 2.55 bits per heavy atom. The lowest BCUT2D eigenvalue weighted by atomic mass is 10.3. The van der Waals surface area contributed by atoms with E-state index in [1.54, 1.807) is 24.3 Å². The summed E-state index contributed by atoms with van der Waals surface area (Å²) in [4.78, 5) is 4.58. The summed E-state index contributed by atoms with van der Waals surface area (Å²) >= 11 is 0. The Morgan fingerprint density at radius 1 is 1.36 bits per heavy atom. The van der Waals surface area contributed by atoms with Gasteiger partial charge in [0.15, 0.2) is 0 Å². The van der Waals surface area contributed by atoms with Crippen LogP contribution >= 0.6 is 0 Å². The second-order valence-corrected chi connectivity index (χ2v) is 1.88. The predicted molar refractivity (Wildman–Crippen MR) is 42.0 cm³/mol. The van der Waals surface area contributed by atoms with E-state index in [9.17, 15) is 0 Å². The molecule has 11 heavy (non-hydrogen) atoms. The molecular formula is C8H9NO2. The van der Waals surface area contributed by atoms with Crippen LogP contribution in [0.4, 0.5) is 5.69 Å². The average Bonchev–Trinajstić information content (AvgIpc) is 2.07. The van der Waals surface area contributed by atoms with Gasteiger partial charge in [-0.15, -0.1) is 0 Å². The van der Waals surface area contributed by atoms with E-state index in [1.165, 1.54) is 0 Å². The van der Waals surface area contributed by atoms with Crippen LogP contribution in [0.3, 0.4) is 0 Å². The summed E-state index contributed by atoms with van der Waals surface area (Å²) in [6.07, 6.45) is 1.15. The van der Waals surface area contributed by atoms with Gasteiger partial charge in [0.25, 0.3) is 0 Å². The molecule has 1 N–H and O–H groups in total. The molecule has 0 radical (unpaired) electrons. The predicted octanol–water partition coefficient (Wildman–Crippen LogP) is 1.96. The maximum Gasteiger partial charge on any atom is 0.115 e. The Hall–Kier alpha value is -1.48. The van der Waals surface area contributed by atoms with Gasteiger partial charge in [-0.05, 0) is 12.1 Å². The van der Waals surface area contributed by atoms with Crippen molar-refractivity contribution in [3.8, 4) is 0 Å². The first-order chi connectivity index (χ1) is 5.34. The Bertz CT molecular complexity index is 223. The molecule has 0 saturated heterocycles. The first-order valence-corrected chi connectivity index (χ1v) is 3.16. The fraction of sp³-hybridized carbons (Fsp3) is 0. The smallest absolute Gasteiger partial charge is 0.115 e. The molecule has 58 valence electrons. The molecule has 0 saturated carbocycles. The third-order valence-corrected chi connectivity index (χ3v) is 1.15. The monoisotopic (exact) mass is 151 g/mol. The number of para-hydroxylation sites is 1. The molecule has 0 bridgehead atoms. The number of nitrogens with zero attached hydrogens (tertiary/aromatic N) is 1. The van der Waals surface area contributed by atoms with Crippen molar-refractivity contribution in [1.29, 1.82) is 0 Å². The number of rotatable bonds is 3. The highest BCUT2D eigenvalue weighted by atomic mass is 16.9. The Balaban J connectivity index is 2.68. The van der Waals surface area contributed by atoms with Gasteiger partial charge in [-0.2, -0.15) is 0 Å². The zero-order chi connectivity index (χ0) is 8.10. The summed E-state index contributed by atoms with van der Waals surface area (Å²) in [5.74, 6) is 0. The minimum atomic E-state index is 0.562. The van der Waals surface area contributed by atoms with Crippen LogP contribution in [0.1, 0.15) is 0 Å². The number of hydrogen-bond acceptors (Lipinski definition) is 3. The third kappa shape index (κ3) is 1.98. The van der Waals surface area contributed by atoms with Crippen molar-refractivity contribution in [3.63, 3.8) is 0 Å². The molecule has 0 aliphatic carbocycles. The highest BCUT2D eigenvalue weighted by Gasteiger charge is 1.97. The van der Waals surface area contributed by atoms with Crippen molar-refractivity contribution in [3.05, 3.63) is 43.2 Å². The average molecular weight is 151 g/mol. The van der Waals surface area contributed by atoms with E-state index in [0.29, 0.717) is 10.9 Å². The minimum Gasteiger partial charge on any atom is -0.362 e. The van der Waals surface area contributed by atoms with Crippen LogP contribution in [-0.4, -0.2) is 5.21 Å². The molecule has 3 nitrogen and oxygen atoms in total. The van der Waals surface area contributed by atoms with Crippen LogP contribution in [0.5, 0.6) is 0 Å². The SMILES string of the molecule is C=CON(O)c1ccccc1. The molecular weight excluding hydrogens is 142 g/mol. The van der Waals surface area contributed by atoms with Crippen LogP contribution in [0.15, 0.2) is 43.2 Å². The summed E-state index contributed by atoms with van der Waals surface area (Å²) in [6.45, 7) is 3.30. The summed E-state index contributed by atoms with van der Waals surface area (Å²) in [7, 11) is 0. The zero-order valence-corrected chi connectivity index (χ0v) is 5.97. The van der Waals surface area contributed by atoms with Crippen molar-refractivity contribution in [2.45, 2.75) is 0 Å². The third-order valence-electron chi connectivity index (χ3n) is 1.15. The van der Waals surface area contributed by atoms with Gasteiger partial charge in [-0.25, -0.2) is 0 Å². The lowest BCUT2D eigenvalue weighted by Crippen LogP contribution is -2.14. The van der Waals surface area contributed by atoms with Crippen molar-refractivity contribution >= 4 is 5.69 Å². The van der Waals surface area contributed by atoms with Crippen LogP contribution in [0.25, 0.3) is 0 Å². The molecule has 0 aliphatic heterocycles. The van der Waals surface area contributed by atoms with E-state index in [1.807, 2.05) is 6.07 Å². The summed E-state index contributed by atoms with van der Waals surface area (Å²) in [5, 5.41) is 9.71. The normalized spacial score (nSPS) is 8.82. The summed E-state index contributed by atoms with van der Waals surface area (Å²) < 4.78 is 0. The molecule has 1 aromatic rings. The van der Waals surface area contributed by atoms with Gasteiger partial charge in [0.2, 0.25) is 0 Å². The molecule has 0 fully saturated rings. The van der Waals surface area contributed by atoms with Gasteiger partial charge in [0.1, 0.15) is 11.9 Å². The van der Waals surface area contributed by atoms with Crippen molar-refractivity contribution in [1.82, 2.24) is 0 Å². The first-order valence-electron chi connectivity index (χ1n) is 3.16. The second-order valence-electron chi connectivity index (χ2n) is 1.88. The minimum absolute atomic E-state index is 0.562. The molecule has 1 rings (SSSR count). The lowest BCUT2D eigenvalue weighted by molar-refractivity contribution is 0.0151. The van der Waals surface area contributed by atoms with E-state index in [2.05, 4.69) is 11.4 Å². The quantitative estimate of drug-likeness (QED) is 0.529.